The lowest BCUT2D eigenvalue weighted by Gasteiger charge is -2.15. The van der Waals surface area contributed by atoms with Gasteiger partial charge in [-0.25, -0.2) is 13.1 Å². The SMILES string of the molecule is COc1ccc(S(=O)(=O)NC(C)c2ccc3c(c2)OCO3)cc1. The van der Waals surface area contributed by atoms with Crippen molar-refractivity contribution in [3.05, 3.63) is 48.0 Å². The van der Waals surface area contributed by atoms with Gasteiger partial charge in [-0.1, -0.05) is 6.07 Å². The molecule has 1 N–H and O–H groups in total. The topological polar surface area (TPSA) is 73.9 Å². The Labute approximate surface area is 135 Å². The Kier molecular flexibility index (Phi) is 4.14. The Morgan fingerprint density at radius 2 is 1.78 bits per heavy atom. The second kappa shape index (κ2) is 6.10. The maximum atomic E-state index is 12.4. The third-order valence-corrected chi connectivity index (χ3v) is 5.15. The average molecular weight is 335 g/mol. The predicted octanol–water partition coefficient (Wildman–Crippen LogP) is 2.46. The molecule has 122 valence electrons. The minimum absolute atomic E-state index is 0.185. The van der Waals surface area contributed by atoms with Gasteiger partial charge in [0.15, 0.2) is 11.5 Å². The Morgan fingerprint density at radius 3 is 2.48 bits per heavy atom. The molecule has 0 bridgehead atoms. The highest BCUT2D eigenvalue weighted by Crippen LogP contribution is 2.34. The molecule has 1 aliphatic heterocycles. The van der Waals surface area contributed by atoms with Gasteiger partial charge in [0.1, 0.15) is 5.75 Å². The molecule has 0 aliphatic carbocycles. The second-order valence-corrected chi connectivity index (χ2v) is 6.85. The Bertz CT molecular complexity index is 802. The summed E-state index contributed by atoms with van der Waals surface area (Å²) in [6, 6.07) is 11.2. The van der Waals surface area contributed by atoms with Crippen LogP contribution in [-0.2, 0) is 10.0 Å². The van der Waals surface area contributed by atoms with Crippen LogP contribution in [0.4, 0.5) is 0 Å². The molecule has 0 saturated carbocycles. The van der Waals surface area contributed by atoms with Crippen molar-refractivity contribution in [3.63, 3.8) is 0 Å². The first-order valence-corrected chi connectivity index (χ1v) is 8.54. The van der Waals surface area contributed by atoms with Gasteiger partial charge >= 0.3 is 0 Å². The van der Waals surface area contributed by atoms with E-state index < -0.39 is 16.1 Å². The minimum atomic E-state index is -3.62. The van der Waals surface area contributed by atoms with E-state index in [0.717, 1.165) is 5.56 Å². The van der Waals surface area contributed by atoms with Crippen LogP contribution in [-0.4, -0.2) is 22.3 Å². The van der Waals surface area contributed by atoms with Crippen LogP contribution in [0.1, 0.15) is 18.5 Å². The molecule has 0 saturated heterocycles. The molecule has 0 spiro atoms. The van der Waals surface area contributed by atoms with Gasteiger partial charge in [-0.15, -0.1) is 0 Å². The lowest BCUT2D eigenvalue weighted by Crippen LogP contribution is -2.26. The molecular weight excluding hydrogens is 318 g/mol. The molecule has 3 rings (SSSR count). The molecule has 2 aromatic carbocycles. The van der Waals surface area contributed by atoms with Crippen molar-refractivity contribution in [3.8, 4) is 17.2 Å². The van der Waals surface area contributed by atoms with E-state index in [9.17, 15) is 8.42 Å². The van der Waals surface area contributed by atoms with Gasteiger partial charge in [-0.3, -0.25) is 0 Å². The first-order chi connectivity index (χ1) is 11.0. The summed E-state index contributed by atoms with van der Waals surface area (Å²) in [6.07, 6.45) is 0. The highest BCUT2D eigenvalue weighted by molar-refractivity contribution is 7.89. The number of fused-ring (bicyclic) bond motifs is 1. The summed E-state index contributed by atoms with van der Waals surface area (Å²) in [5, 5.41) is 0. The van der Waals surface area contributed by atoms with E-state index in [-0.39, 0.29) is 11.7 Å². The lowest BCUT2D eigenvalue weighted by molar-refractivity contribution is 0.174. The van der Waals surface area contributed by atoms with Crippen LogP contribution >= 0.6 is 0 Å². The van der Waals surface area contributed by atoms with Gasteiger partial charge in [0.25, 0.3) is 0 Å². The maximum Gasteiger partial charge on any atom is 0.241 e. The first-order valence-electron chi connectivity index (χ1n) is 7.05. The quantitative estimate of drug-likeness (QED) is 0.908. The van der Waals surface area contributed by atoms with E-state index in [0.29, 0.717) is 17.2 Å². The summed E-state index contributed by atoms with van der Waals surface area (Å²) in [5.74, 6) is 1.89. The van der Waals surface area contributed by atoms with Crippen LogP contribution in [0.2, 0.25) is 0 Å². The Morgan fingerprint density at radius 1 is 1.09 bits per heavy atom. The average Bonchev–Trinajstić information content (AvgIpc) is 3.02. The number of nitrogens with one attached hydrogen (secondary N) is 1. The first kappa shape index (κ1) is 15.6. The zero-order valence-electron chi connectivity index (χ0n) is 12.8. The summed E-state index contributed by atoms with van der Waals surface area (Å²) in [4.78, 5) is 0.186. The van der Waals surface area contributed by atoms with E-state index in [2.05, 4.69) is 4.72 Å². The van der Waals surface area contributed by atoms with Crippen molar-refractivity contribution in [1.29, 1.82) is 0 Å². The fourth-order valence-electron chi connectivity index (χ4n) is 2.31. The van der Waals surface area contributed by atoms with Crippen LogP contribution in [0.5, 0.6) is 17.2 Å². The van der Waals surface area contributed by atoms with Gasteiger partial charge < -0.3 is 14.2 Å². The lowest BCUT2D eigenvalue weighted by atomic mass is 10.1. The number of ether oxygens (including phenoxy) is 3. The van der Waals surface area contributed by atoms with Crippen LogP contribution < -0.4 is 18.9 Å². The molecule has 23 heavy (non-hydrogen) atoms. The van der Waals surface area contributed by atoms with Gasteiger partial charge in [-0.05, 0) is 48.9 Å². The standard InChI is InChI=1S/C16H17NO5S/c1-11(12-3-8-15-16(9-12)22-10-21-15)17-23(18,19)14-6-4-13(20-2)5-7-14/h3-9,11,17H,10H2,1-2H3. The number of benzene rings is 2. The molecule has 2 aromatic rings. The van der Waals surface area contributed by atoms with E-state index >= 15 is 0 Å². The largest absolute Gasteiger partial charge is 0.497 e. The highest BCUT2D eigenvalue weighted by atomic mass is 32.2. The zero-order chi connectivity index (χ0) is 16.4. The zero-order valence-corrected chi connectivity index (χ0v) is 13.6. The van der Waals surface area contributed by atoms with Crippen LogP contribution in [0.15, 0.2) is 47.4 Å². The summed E-state index contributed by atoms with van der Waals surface area (Å²) in [5.41, 5.74) is 0.798. The molecule has 0 fully saturated rings. The van der Waals surface area contributed by atoms with Gasteiger partial charge in [-0.2, -0.15) is 0 Å². The van der Waals surface area contributed by atoms with Crippen molar-refractivity contribution in [1.82, 2.24) is 4.72 Å². The molecule has 0 aromatic heterocycles. The fourth-order valence-corrected chi connectivity index (χ4v) is 3.54. The summed E-state index contributed by atoms with van der Waals surface area (Å²) >= 11 is 0. The van der Waals surface area contributed by atoms with Crippen LogP contribution in [0.3, 0.4) is 0 Å². The van der Waals surface area contributed by atoms with E-state index in [1.54, 1.807) is 31.2 Å². The molecule has 0 amide bonds. The van der Waals surface area contributed by atoms with E-state index in [1.165, 1.54) is 19.2 Å². The normalized spacial score (nSPS) is 14.5. The molecule has 6 nitrogen and oxygen atoms in total. The third-order valence-electron chi connectivity index (χ3n) is 3.60. The van der Waals surface area contributed by atoms with Crippen molar-refractivity contribution in [2.45, 2.75) is 17.9 Å². The minimum Gasteiger partial charge on any atom is -0.497 e. The molecule has 1 atom stereocenters. The monoisotopic (exact) mass is 335 g/mol. The summed E-state index contributed by atoms with van der Waals surface area (Å²) in [7, 11) is -2.09. The van der Waals surface area contributed by atoms with E-state index in [1.807, 2.05) is 6.07 Å². The third kappa shape index (κ3) is 3.25. The number of sulfonamides is 1. The van der Waals surface area contributed by atoms with Gasteiger partial charge in [0.2, 0.25) is 16.8 Å². The van der Waals surface area contributed by atoms with Gasteiger partial charge in [0, 0.05) is 6.04 Å². The molecule has 0 radical (unpaired) electrons. The number of rotatable bonds is 5. The maximum absolute atomic E-state index is 12.4. The van der Waals surface area contributed by atoms with E-state index in [4.69, 9.17) is 14.2 Å². The molecule has 1 unspecified atom stereocenters. The smallest absolute Gasteiger partial charge is 0.241 e. The Balaban J connectivity index is 1.79. The summed E-state index contributed by atoms with van der Waals surface area (Å²) in [6.45, 7) is 1.96. The van der Waals surface area contributed by atoms with Gasteiger partial charge in [0.05, 0.1) is 12.0 Å². The molecule has 1 aliphatic rings. The Hall–Kier alpha value is -2.25. The second-order valence-electron chi connectivity index (χ2n) is 5.13. The highest BCUT2D eigenvalue weighted by Gasteiger charge is 2.21. The number of hydrogen-bond acceptors (Lipinski definition) is 5. The summed E-state index contributed by atoms with van der Waals surface area (Å²) < 4.78 is 43.1. The van der Waals surface area contributed by atoms with Crippen molar-refractivity contribution < 1.29 is 22.6 Å². The number of hydrogen-bond donors (Lipinski definition) is 1. The predicted molar refractivity (Wildman–Crippen MR) is 84.3 cm³/mol. The van der Waals surface area contributed by atoms with Crippen molar-refractivity contribution >= 4 is 10.0 Å². The molecule has 1 heterocycles. The van der Waals surface area contributed by atoms with Crippen molar-refractivity contribution in [2.24, 2.45) is 0 Å². The molecular formula is C16H17NO5S. The van der Waals surface area contributed by atoms with Crippen LogP contribution in [0.25, 0.3) is 0 Å². The van der Waals surface area contributed by atoms with Crippen LogP contribution in [0, 0.1) is 0 Å². The van der Waals surface area contributed by atoms with Crippen molar-refractivity contribution in [2.75, 3.05) is 13.9 Å². The number of methoxy groups -OCH3 is 1. The molecule has 7 heteroatoms. The fraction of sp³-hybridized carbons (Fsp3) is 0.250.